The molecule has 1 saturated heterocycles. The molecule has 35 heavy (non-hydrogen) atoms. The van der Waals surface area contributed by atoms with Crippen LogP contribution in [-0.2, 0) is 47.6 Å². The van der Waals surface area contributed by atoms with Gasteiger partial charge in [-0.3, -0.25) is 19.2 Å². The quantitative estimate of drug-likeness (QED) is 0.405. The summed E-state index contributed by atoms with van der Waals surface area (Å²) in [7, 11) is 0. The van der Waals surface area contributed by atoms with Crippen LogP contribution in [0.15, 0.2) is 12.1 Å². The Morgan fingerprint density at radius 3 is 1.69 bits per heavy atom. The number of hydrogen-bond donors (Lipinski definition) is 0. The highest BCUT2D eigenvalue weighted by molar-refractivity contribution is 5.93. The average Bonchev–Trinajstić information content (AvgIpc) is 2.69. The van der Waals surface area contributed by atoms with Gasteiger partial charge in [-0.1, -0.05) is 17.7 Å². The number of ether oxygens (including phenoxy) is 6. The zero-order valence-corrected chi connectivity index (χ0v) is 20.7. The first-order valence-electron chi connectivity index (χ1n) is 10.9. The summed E-state index contributed by atoms with van der Waals surface area (Å²) >= 11 is 0. The highest BCUT2D eigenvalue weighted by atomic mass is 16.7. The third-order valence-electron chi connectivity index (χ3n) is 5.05. The number of aryl methyl sites for hydroxylation is 3. The molecule has 0 amide bonds. The first-order chi connectivity index (χ1) is 16.3. The molecule has 0 unspecified atom stereocenters. The molecule has 0 N–H and O–H groups in total. The Kier molecular flexibility index (Phi) is 9.35. The van der Waals surface area contributed by atoms with Crippen LogP contribution in [-0.4, -0.2) is 67.2 Å². The van der Waals surface area contributed by atoms with E-state index in [1.807, 2.05) is 6.92 Å². The molecule has 11 nitrogen and oxygen atoms in total. The monoisotopic (exact) mass is 494 g/mol. The number of carbonyl (C=O) groups is 5. The van der Waals surface area contributed by atoms with E-state index in [0.29, 0.717) is 11.1 Å². The van der Waals surface area contributed by atoms with Gasteiger partial charge in [0.15, 0.2) is 12.2 Å². The summed E-state index contributed by atoms with van der Waals surface area (Å²) in [6.45, 7) is 9.42. The Labute approximate surface area is 202 Å². The predicted molar refractivity (Wildman–Crippen MR) is 118 cm³/mol. The minimum absolute atomic E-state index is 0.281. The van der Waals surface area contributed by atoms with Crippen molar-refractivity contribution in [1.29, 1.82) is 0 Å². The molecular weight excluding hydrogens is 464 g/mol. The van der Waals surface area contributed by atoms with Gasteiger partial charge in [0.2, 0.25) is 12.4 Å². The Morgan fingerprint density at radius 1 is 0.714 bits per heavy atom. The molecule has 1 aliphatic heterocycles. The van der Waals surface area contributed by atoms with E-state index in [-0.39, 0.29) is 5.56 Å². The summed E-state index contributed by atoms with van der Waals surface area (Å²) < 4.78 is 32.3. The molecule has 11 heteroatoms. The van der Waals surface area contributed by atoms with Crippen molar-refractivity contribution in [2.24, 2.45) is 0 Å². The number of rotatable bonds is 7. The van der Waals surface area contributed by atoms with E-state index in [0.717, 1.165) is 33.3 Å². The van der Waals surface area contributed by atoms with Crippen molar-refractivity contribution in [1.82, 2.24) is 0 Å². The van der Waals surface area contributed by atoms with Gasteiger partial charge in [-0.15, -0.1) is 0 Å². The normalized spacial score (nSPS) is 23.6. The molecule has 5 atom stereocenters. The van der Waals surface area contributed by atoms with Crippen molar-refractivity contribution in [3.8, 4) is 0 Å². The van der Waals surface area contributed by atoms with E-state index in [1.54, 1.807) is 26.0 Å². The van der Waals surface area contributed by atoms with Gasteiger partial charge >= 0.3 is 29.8 Å². The smallest absolute Gasteiger partial charge is 0.341 e. The Hall–Kier alpha value is -3.47. The second-order valence-corrected chi connectivity index (χ2v) is 8.25. The predicted octanol–water partition coefficient (Wildman–Crippen LogP) is 1.85. The fraction of sp³-hybridized carbons (Fsp3) is 0.542. The molecule has 1 aromatic rings. The summed E-state index contributed by atoms with van der Waals surface area (Å²) in [5.41, 5.74) is 2.53. The maximum Gasteiger partial charge on any atom is 0.341 e. The van der Waals surface area contributed by atoms with E-state index in [1.165, 1.54) is 0 Å². The molecule has 1 heterocycles. The summed E-state index contributed by atoms with van der Waals surface area (Å²) in [4.78, 5) is 60.1. The zero-order chi connectivity index (χ0) is 26.4. The topological polar surface area (TPSA) is 141 Å². The fourth-order valence-electron chi connectivity index (χ4n) is 3.95. The van der Waals surface area contributed by atoms with Crippen molar-refractivity contribution < 1.29 is 52.4 Å². The van der Waals surface area contributed by atoms with E-state index < -0.39 is 67.2 Å². The standard InChI is InChI=1S/C24H30O11/c1-11-8-12(2)19(13(3)9-11)23(29)35-24-22(33-17(7)28)21(32-16(6)27)20(31-15(5)26)18(34-24)10-30-14(4)25/h8-9,18,20-22,24H,10H2,1-7H3/t18-,20+,21+,22+,24+/m0/s1. The third kappa shape index (κ3) is 7.51. The van der Waals surface area contributed by atoms with Crippen LogP contribution in [0.2, 0.25) is 0 Å². The molecule has 1 aromatic carbocycles. The lowest BCUT2D eigenvalue weighted by Crippen LogP contribution is -2.63. The Morgan fingerprint density at radius 2 is 1.20 bits per heavy atom. The van der Waals surface area contributed by atoms with Gasteiger partial charge in [-0.2, -0.15) is 0 Å². The lowest BCUT2D eigenvalue weighted by molar-refractivity contribution is -0.294. The molecule has 2 rings (SSSR count). The molecule has 0 aromatic heterocycles. The van der Waals surface area contributed by atoms with Crippen LogP contribution in [0.5, 0.6) is 0 Å². The summed E-state index contributed by atoms with van der Waals surface area (Å²) in [6, 6.07) is 3.60. The van der Waals surface area contributed by atoms with Crippen molar-refractivity contribution in [2.75, 3.05) is 6.61 Å². The van der Waals surface area contributed by atoms with E-state index in [4.69, 9.17) is 28.4 Å². The van der Waals surface area contributed by atoms with Crippen LogP contribution in [0.4, 0.5) is 0 Å². The van der Waals surface area contributed by atoms with Crippen LogP contribution in [0.1, 0.15) is 54.7 Å². The number of esters is 5. The molecular formula is C24H30O11. The van der Waals surface area contributed by atoms with Crippen molar-refractivity contribution in [3.05, 3.63) is 34.4 Å². The van der Waals surface area contributed by atoms with E-state index in [9.17, 15) is 24.0 Å². The third-order valence-corrected chi connectivity index (χ3v) is 5.05. The van der Waals surface area contributed by atoms with Gasteiger partial charge in [-0.25, -0.2) is 4.79 Å². The zero-order valence-electron chi connectivity index (χ0n) is 20.7. The SMILES string of the molecule is CC(=O)OC[C@@H]1O[C@H](OC(=O)c2c(C)cc(C)cc2C)[C@H](OC(C)=O)[C@H](OC(C)=O)[C@@H]1OC(C)=O. The Bertz CT molecular complexity index is 976. The highest BCUT2D eigenvalue weighted by Crippen LogP contribution is 2.31. The van der Waals surface area contributed by atoms with Gasteiger partial charge in [0, 0.05) is 27.7 Å². The minimum Gasteiger partial charge on any atom is -0.463 e. The van der Waals surface area contributed by atoms with Gasteiger partial charge in [0.1, 0.15) is 12.7 Å². The summed E-state index contributed by atoms with van der Waals surface area (Å²) in [6.07, 6.45) is -7.03. The summed E-state index contributed by atoms with van der Waals surface area (Å²) in [5.74, 6) is -3.76. The molecule has 1 aliphatic rings. The van der Waals surface area contributed by atoms with Gasteiger partial charge < -0.3 is 28.4 Å². The number of hydrogen-bond acceptors (Lipinski definition) is 11. The van der Waals surface area contributed by atoms with Crippen LogP contribution in [0, 0.1) is 20.8 Å². The molecule has 192 valence electrons. The molecule has 0 aliphatic carbocycles. The van der Waals surface area contributed by atoms with Crippen LogP contribution >= 0.6 is 0 Å². The second kappa shape index (κ2) is 11.8. The number of benzene rings is 1. The largest absolute Gasteiger partial charge is 0.463 e. The van der Waals surface area contributed by atoms with Crippen molar-refractivity contribution in [2.45, 2.75) is 79.2 Å². The Balaban J connectivity index is 2.50. The van der Waals surface area contributed by atoms with E-state index in [2.05, 4.69) is 0 Å². The molecule has 1 fully saturated rings. The molecule has 0 saturated carbocycles. The molecule has 0 bridgehead atoms. The average molecular weight is 494 g/mol. The second-order valence-electron chi connectivity index (χ2n) is 8.25. The lowest BCUT2D eigenvalue weighted by Gasteiger charge is -2.43. The highest BCUT2D eigenvalue weighted by Gasteiger charge is 2.53. The first-order valence-corrected chi connectivity index (χ1v) is 10.9. The maximum absolute atomic E-state index is 13.1. The fourth-order valence-corrected chi connectivity index (χ4v) is 3.95. The van der Waals surface area contributed by atoms with E-state index >= 15 is 0 Å². The van der Waals surface area contributed by atoms with Gasteiger partial charge in [0.25, 0.3) is 0 Å². The molecule has 0 spiro atoms. The van der Waals surface area contributed by atoms with Crippen molar-refractivity contribution >= 4 is 29.8 Å². The molecule has 0 radical (unpaired) electrons. The van der Waals surface area contributed by atoms with Gasteiger partial charge in [-0.05, 0) is 31.9 Å². The minimum atomic E-state index is -1.58. The first kappa shape index (κ1) is 27.8. The lowest BCUT2D eigenvalue weighted by atomic mass is 9.97. The van der Waals surface area contributed by atoms with Crippen LogP contribution < -0.4 is 0 Å². The van der Waals surface area contributed by atoms with Crippen LogP contribution in [0.3, 0.4) is 0 Å². The van der Waals surface area contributed by atoms with Gasteiger partial charge in [0.05, 0.1) is 5.56 Å². The summed E-state index contributed by atoms with van der Waals surface area (Å²) in [5, 5.41) is 0. The van der Waals surface area contributed by atoms with Crippen molar-refractivity contribution in [3.63, 3.8) is 0 Å². The van der Waals surface area contributed by atoms with Crippen LogP contribution in [0.25, 0.3) is 0 Å². The number of carbonyl (C=O) groups excluding carboxylic acids is 5. The maximum atomic E-state index is 13.1.